The minimum Gasteiger partial charge on any atom is -0.342 e. The Kier molecular flexibility index (Phi) is 3.58. The van der Waals surface area contributed by atoms with Crippen LogP contribution in [0.2, 0.25) is 5.02 Å². The van der Waals surface area contributed by atoms with Crippen LogP contribution < -0.4 is 0 Å². The molecule has 2 atom stereocenters. The molecule has 2 aliphatic heterocycles. The van der Waals surface area contributed by atoms with Gasteiger partial charge < -0.3 is 4.90 Å². The molecule has 0 spiro atoms. The van der Waals surface area contributed by atoms with E-state index in [1.165, 1.54) is 0 Å². The maximum Gasteiger partial charge on any atom is 0.222 e. The number of hydrogen-bond donors (Lipinski definition) is 0. The lowest BCUT2D eigenvalue weighted by molar-refractivity contribution is -0.127. The molecule has 122 valence electrons. The fourth-order valence-corrected chi connectivity index (χ4v) is 4.46. The molecule has 0 N–H and O–H groups in total. The average Bonchev–Trinajstić information content (AvgIpc) is 2.98. The first-order valence-electron chi connectivity index (χ1n) is 8.12. The van der Waals surface area contributed by atoms with E-state index >= 15 is 0 Å². The molecule has 2 aliphatic rings. The van der Waals surface area contributed by atoms with Gasteiger partial charge in [0.25, 0.3) is 0 Å². The van der Waals surface area contributed by atoms with Crippen molar-refractivity contribution in [3.05, 3.63) is 28.9 Å². The number of fused-ring (bicyclic) bond motifs is 2. The highest BCUT2D eigenvalue weighted by Crippen LogP contribution is 2.33. The van der Waals surface area contributed by atoms with E-state index in [9.17, 15) is 4.79 Å². The second kappa shape index (κ2) is 5.49. The van der Waals surface area contributed by atoms with Crippen molar-refractivity contribution in [3.8, 4) is 0 Å². The van der Waals surface area contributed by atoms with Gasteiger partial charge in [-0.05, 0) is 18.6 Å². The van der Waals surface area contributed by atoms with E-state index in [2.05, 4.69) is 16.1 Å². The van der Waals surface area contributed by atoms with Crippen LogP contribution in [0.1, 0.15) is 18.5 Å². The van der Waals surface area contributed by atoms with Gasteiger partial charge in [0.2, 0.25) is 5.91 Å². The normalized spacial score (nSPS) is 25.3. The Morgan fingerprint density at radius 2 is 2.17 bits per heavy atom. The predicted molar refractivity (Wildman–Crippen MR) is 90.3 cm³/mol. The van der Waals surface area contributed by atoms with Crippen molar-refractivity contribution >= 4 is 28.4 Å². The van der Waals surface area contributed by atoms with Crippen LogP contribution >= 0.6 is 11.6 Å². The second-order valence-corrected chi connectivity index (χ2v) is 7.17. The predicted octanol–water partition coefficient (Wildman–Crippen LogP) is 2.28. The molecule has 2 aromatic rings. The zero-order chi connectivity index (χ0) is 16.1. The molecule has 0 radical (unpaired) electrons. The van der Waals surface area contributed by atoms with E-state index in [0.29, 0.717) is 18.4 Å². The van der Waals surface area contributed by atoms with Crippen LogP contribution in [-0.2, 0) is 18.4 Å². The largest absolute Gasteiger partial charge is 0.342 e. The van der Waals surface area contributed by atoms with Crippen molar-refractivity contribution in [1.82, 2.24) is 19.6 Å². The zero-order valence-electron chi connectivity index (χ0n) is 13.5. The second-order valence-electron chi connectivity index (χ2n) is 6.76. The lowest BCUT2D eigenvalue weighted by Gasteiger charge is -2.36. The van der Waals surface area contributed by atoms with Crippen molar-refractivity contribution in [2.75, 3.05) is 20.1 Å². The van der Waals surface area contributed by atoms with E-state index < -0.39 is 0 Å². The van der Waals surface area contributed by atoms with Crippen LogP contribution in [0.15, 0.2) is 18.2 Å². The summed E-state index contributed by atoms with van der Waals surface area (Å²) in [5, 5.41) is 6.49. The molecule has 6 heteroatoms. The number of aromatic nitrogens is 2. The molecule has 2 fully saturated rings. The van der Waals surface area contributed by atoms with Gasteiger partial charge in [-0.25, -0.2) is 0 Å². The first-order valence-corrected chi connectivity index (χ1v) is 8.50. The first kappa shape index (κ1) is 15.0. The van der Waals surface area contributed by atoms with Crippen LogP contribution in [0, 0.1) is 5.92 Å². The summed E-state index contributed by atoms with van der Waals surface area (Å²) in [7, 11) is 3.90. The fraction of sp³-hybridized carbons (Fsp3) is 0.529. The SMILES string of the molecule is CN1C(=O)C[C@@H]2CN(Cc3nn(C)c4cccc(Cl)c34)CC[C@@H]21. The topological polar surface area (TPSA) is 41.4 Å². The summed E-state index contributed by atoms with van der Waals surface area (Å²) in [5.41, 5.74) is 2.10. The Morgan fingerprint density at radius 1 is 1.35 bits per heavy atom. The molecule has 2 saturated heterocycles. The van der Waals surface area contributed by atoms with Gasteiger partial charge >= 0.3 is 0 Å². The third-order valence-electron chi connectivity index (χ3n) is 5.38. The Morgan fingerprint density at radius 3 is 3.00 bits per heavy atom. The Labute approximate surface area is 140 Å². The molecule has 1 amide bonds. The van der Waals surface area contributed by atoms with Crippen molar-refractivity contribution in [2.45, 2.75) is 25.4 Å². The Hall–Kier alpha value is -1.59. The number of nitrogens with zero attached hydrogens (tertiary/aromatic N) is 4. The van der Waals surface area contributed by atoms with Crippen LogP contribution in [-0.4, -0.2) is 51.7 Å². The number of carbonyl (C=O) groups is 1. The van der Waals surface area contributed by atoms with Gasteiger partial charge in [-0.3, -0.25) is 14.4 Å². The van der Waals surface area contributed by atoms with Gasteiger partial charge in [0, 0.05) is 57.5 Å². The van der Waals surface area contributed by atoms with E-state index in [0.717, 1.165) is 47.7 Å². The van der Waals surface area contributed by atoms with Crippen LogP contribution in [0.3, 0.4) is 0 Å². The molecular formula is C17H21ClN4O. The molecule has 0 aliphatic carbocycles. The zero-order valence-corrected chi connectivity index (χ0v) is 14.3. The van der Waals surface area contributed by atoms with Crippen LogP contribution in [0.5, 0.6) is 0 Å². The first-order chi connectivity index (χ1) is 11.0. The standard InChI is InChI=1S/C17H21ClN4O/c1-20-14-6-7-22(9-11(14)8-16(20)23)10-13-17-12(18)4-3-5-15(17)21(2)19-13/h3-5,11,14H,6-10H2,1-2H3/t11-,14+/m1/s1. The highest BCUT2D eigenvalue weighted by molar-refractivity contribution is 6.35. The number of likely N-dealkylation sites (tertiary alicyclic amines) is 2. The molecule has 23 heavy (non-hydrogen) atoms. The Bertz CT molecular complexity index is 771. The maximum absolute atomic E-state index is 11.9. The molecular weight excluding hydrogens is 312 g/mol. The summed E-state index contributed by atoms with van der Waals surface area (Å²) in [6.07, 6.45) is 1.73. The van der Waals surface area contributed by atoms with E-state index in [4.69, 9.17) is 11.6 Å². The van der Waals surface area contributed by atoms with Crippen LogP contribution in [0.25, 0.3) is 10.9 Å². The molecule has 4 rings (SSSR count). The summed E-state index contributed by atoms with van der Waals surface area (Å²) in [6, 6.07) is 6.35. The van der Waals surface area contributed by atoms with Crippen molar-refractivity contribution in [3.63, 3.8) is 0 Å². The summed E-state index contributed by atoms with van der Waals surface area (Å²) in [5.74, 6) is 0.736. The van der Waals surface area contributed by atoms with E-state index in [-0.39, 0.29) is 5.91 Å². The van der Waals surface area contributed by atoms with Gasteiger partial charge in [0.1, 0.15) is 0 Å². The van der Waals surface area contributed by atoms with Gasteiger partial charge in [0.15, 0.2) is 0 Å². The van der Waals surface area contributed by atoms with Crippen molar-refractivity contribution in [1.29, 1.82) is 0 Å². The third-order valence-corrected chi connectivity index (χ3v) is 5.69. The molecule has 0 bridgehead atoms. The molecule has 1 aromatic carbocycles. The number of aryl methyl sites for hydroxylation is 1. The quantitative estimate of drug-likeness (QED) is 0.847. The highest BCUT2D eigenvalue weighted by Gasteiger charge is 2.40. The number of rotatable bonds is 2. The smallest absolute Gasteiger partial charge is 0.222 e. The number of piperidine rings is 1. The van der Waals surface area contributed by atoms with E-state index in [1.807, 2.05) is 35.8 Å². The summed E-state index contributed by atoms with van der Waals surface area (Å²) < 4.78 is 1.90. The maximum atomic E-state index is 11.9. The molecule has 5 nitrogen and oxygen atoms in total. The lowest BCUT2D eigenvalue weighted by atomic mass is 9.93. The van der Waals surface area contributed by atoms with Crippen molar-refractivity contribution < 1.29 is 4.79 Å². The fourth-order valence-electron chi connectivity index (χ4n) is 4.18. The third kappa shape index (κ3) is 2.42. The minimum absolute atomic E-state index is 0.285. The molecule has 0 saturated carbocycles. The number of hydrogen-bond acceptors (Lipinski definition) is 3. The molecule has 1 aromatic heterocycles. The monoisotopic (exact) mass is 332 g/mol. The number of halogens is 1. The Balaban J connectivity index is 1.57. The number of benzene rings is 1. The van der Waals surface area contributed by atoms with E-state index in [1.54, 1.807) is 0 Å². The average molecular weight is 333 g/mol. The number of carbonyl (C=O) groups excluding carboxylic acids is 1. The number of amides is 1. The van der Waals surface area contributed by atoms with Gasteiger partial charge in [-0.2, -0.15) is 5.10 Å². The lowest BCUT2D eigenvalue weighted by Crippen LogP contribution is -2.44. The van der Waals surface area contributed by atoms with Gasteiger partial charge in [-0.1, -0.05) is 17.7 Å². The van der Waals surface area contributed by atoms with Crippen molar-refractivity contribution in [2.24, 2.45) is 13.0 Å². The summed E-state index contributed by atoms with van der Waals surface area (Å²) >= 11 is 6.40. The van der Waals surface area contributed by atoms with Crippen LogP contribution in [0.4, 0.5) is 0 Å². The molecule has 3 heterocycles. The van der Waals surface area contributed by atoms with Gasteiger partial charge in [0.05, 0.1) is 16.2 Å². The summed E-state index contributed by atoms with van der Waals surface area (Å²) in [4.78, 5) is 16.3. The minimum atomic E-state index is 0.285. The highest BCUT2D eigenvalue weighted by atomic mass is 35.5. The summed E-state index contributed by atoms with van der Waals surface area (Å²) in [6.45, 7) is 2.76. The molecule has 0 unspecified atom stereocenters. The van der Waals surface area contributed by atoms with Gasteiger partial charge in [-0.15, -0.1) is 0 Å².